The first-order valence-electron chi connectivity index (χ1n) is 14.3. The van der Waals surface area contributed by atoms with Crippen molar-refractivity contribution in [3.8, 4) is 0 Å². The van der Waals surface area contributed by atoms with E-state index in [-0.39, 0.29) is 36.1 Å². The minimum absolute atomic E-state index is 0.00483. The third kappa shape index (κ3) is 6.27. The van der Waals surface area contributed by atoms with Gasteiger partial charge in [-0.1, -0.05) is 31.9 Å². The zero-order valence-corrected chi connectivity index (χ0v) is 23.6. The molecular formula is C29H38F3N7O2. The molecule has 9 nitrogen and oxygen atoms in total. The SMILES string of the molecule is CN(c1cnc(C(N)=O)c(Nc2ccc(C3(C)CCN(C4CCCC4)CC3)cc2)n1)[C@@H]1CCN(C(=O)C(F)(F)F)C1. The molecule has 1 aromatic carbocycles. The number of hydrogen-bond acceptors (Lipinski definition) is 7. The second kappa shape index (κ2) is 11.5. The van der Waals surface area contributed by atoms with Crippen molar-refractivity contribution >= 4 is 29.1 Å². The number of hydrogen-bond donors (Lipinski definition) is 2. The van der Waals surface area contributed by atoms with Crippen LogP contribution >= 0.6 is 0 Å². The lowest BCUT2D eigenvalue weighted by Gasteiger charge is -2.42. The van der Waals surface area contributed by atoms with E-state index in [4.69, 9.17) is 5.73 Å². The number of alkyl halides is 3. The lowest BCUT2D eigenvalue weighted by Crippen LogP contribution is -2.45. The van der Waals surface area contributed by atoms with Gasteiger partial charge in [0, 0.05) is 37.9 Å². The summed E-state index contributed by atoms with van der Waals surface area (Å²) < 4.78 is 38.6. The standard InChI is InChI=1S/C29H38F3N7O2/c1-28(12-15-38(16-13-28)21-5-3-4-6-21)19-7-9-20(10-8-19)35-26-24(25(33)40)34-17-23(36-26)37(2)22-11-14-39(18-22)27(41)29(30,31)32/h7-10,17,21-22H,3-6,11-16,18H2,1-2H3,(H2,33,40)(H,35,36)/t22-/m1/s1. The van der Waals surface area contributed by atoms with Gasteiger partial charge in [0.05, 0.1) is 6.20 Å². The number of amides is 2. The maximum Gasteiger partial charge on any atom is 0.471 e. The van der Waals surface area contributed by atoms with Crippen LogP contribution in [0.5, 0.6) is 0 Å². The monoisotopic (exact) mass is 573 g/mol. The molecule has 0 spiro atoms. The van der Waals surface area contributed by atoms with Crippen molar-refractivity contribution in [2.45, 2.75) is 75.5 Å². The number of carbonyl (C=O) groups excluding carboxylic acids is 2. The third-order valence-electron chi connectivity index (χ3n) is 9.18. The minimum atomic E-state index is -4.91. The topological polar surface area (TPSA) is 108 Å². The molecular weight excluding hydrogens is 535 g/mol. The van der Waals surface area contributed by atoms with E-state index in [1.165, 1.54) is 37.4 Å². The lowest BCUT2D eigenvalue weighted by molar-refractivity contribution is -0.184. The molecule has 0 unspecified atom stereocenters. The van der Waals surface area contributed by atoms with Crippen molar-refractivity contribution in [2.75, 3.05) is 43.4 Å². The van der Waals surface area contributed by atoms with Crippen molar-refractivity contribution in [3.63, 3.8) is 0 Å². The number of rotatable bonds is 7. The van der Waals surface area contributed by atoms with Gasteiger partial charge >= 0.3 is 12.1 Å². The largest absolute Gasteiger partial charge is 0.471 e. The Labute approximate surface area is 238 Å². The van der Waals surface area contributed by atoms with E-state index in [9.17, 15) is 22.8 Å². The van der Waals surface area contributed by atoms with Crippen molar-refractivity contribution in [1.82, 2.24) is 19.8 Å². The van der Waals surface area contributed by atoms with Gasteiger partial charge in [-0.3, -0.25) is 9.59 Å². The van der Waals surface area contributed by atoms with E-state index in [0.717, 1.165) is 36.9 Å². The number of nitrogens with one attached hydrogen (secondary N) is 1. The highest BCUT2D eigenvalue weighted by Crippen LogP contribution is 2.38. The number of benzene rings is 1. The fraction of sp³-hybridized carbons (Fsp3) is 0.586. The fourth-order valence-corrected chi connectivity index (χ4v) is 6.46. The number of likely N-dealkylation sites (N-methyl/N-ethyl adjacent to an activating group) is 1. The highest BCUT2D eigenvalue weighted by molar-refractivity contribution is 5.96. The van der Waals surface area contributed by atoms with E-state index in [1.807, 2.05) is 12.1 Å². The van der Waals surface area contributed by atoms with Crippen molar-refractivity contribution in [2.24, 2.45) is 5.73 Å². The van der Waals surface area contributed by atoms with Gasteiger partial charge in [0.1, 0.15) is 5.82 Å². The number of nitrogens with zero attached hydrogens (tertiary/aromatic N) is 5. The molecule has 3 N–H and O–H groups in total. The van der Waals surface area contributed by atoms with Crippen LogP contribution in [0.2, 0.25) is 0 Å². The molecule has 1 saturated carbocycles. The highest BCUT2D eigenvalue weighted by Gasteiger charge is 2.45. The van der Waals surface area contributed by atoms with Crippen molar-refractivity contribution < 1.29 is 22.8 Å². The summed E-state index contributed by atoms with van der Waals surface area (Å²) in [6, 6.07) is 8.46. The van der Waals surface area contributed by atoms with Crippen molar-refractivity contribution in [3.05, 3.63) is 41.7 Å². The predicted molar refractivity (Wildman–Crippen MR) is 150 cm³/mol. The summed E-state index contributed by atoms with van der Waals surface area (Å²) in [6.45, 7) is 4.46. The average Bonchev–Trinajstić information content (AvgIpc) is 3.65. The van der Waals surface area contributed by atoms with E-state index in [1.54, 1.807) is 11.9 Å². The van der Waals surface area contributed by atoms with Crippen LogP contribution < -0.4 is 16.0 Å². The maximum absolute atomic E-state index is 12.9. The zero-order valence-electron chi connectivity index (χ0n) is 23.6. The number of likely N-dealkylation sites (tertiary alicyclic amines) is 2. The zero-order chi connectivity index (χ0) is 29.4. The molecule has 1 aliphatic carbocycles. The Balaban J connectivity index is 1.27. The first kappa shape index (κ1) is 29.1. The molecule has 2 amide bonds. The first-order chi connectivity index (χ1) is 19.4. The maximum atomic E-state index is 12.9. The van der Waals surface area contributed by atoms with Gasteiger partial charge in [0.2, 0.25) is 0 Å². The Morgan fingerprint density at radius 3 is 2.34 bits per heavy atom. The Hall–Kier alpha value is -3.41. The van der Waals surface area contributed by atoms with Crippen molar-refractivity contribution in [1.29, 1.82) is 0 Å². The molecule has 1 aromatic heterocycles. The van der Waals surface area contributed by atoms with Crippen LogP contribution in [-0.2, 0) is 10.2 Å². The minimum Gasteiger partial charge on any atom is -0.364 e. The molecule has 2 aromatic rings. The number of carbonyl (C=O) groups is 2. The Morgan fingerprint density at radius 2 is 1.73 bits per heavy atom. The van der Waals surface area contributed by atoms with Crippen LogP contribution in [0.3, 0.4) is 0 Å². The van der Waals surface area contributed by atoms with Crippen LogP contribution in [0.25, 0.3) is 0 Å². The van der Waals surface area contributed by atoms with E-state index in [0.29, 0.717) is 17.9 Å². The Kier molecular flexibility index (Phi) is 8.13. The van der Waals surface area contributed by atoms with Crippen LogP contribution in [-0.4, -0.2) is 83.1 Å². The molecule has 0 bridgehead atoms. The molecule has 12 heteroatoms. The van der Waals surface area contributed by atoms with E-state index < -0.39 is 18.0 Å². The smallest absolute Gasteiger partial charge is 0.364 e. The fourth-order valence-electron chi connectivity index (χ4n) is 6.46. The number of primary amides is 1. The van der Waals surface area contributed by atoms with Gasteiger partial charge in [-0.15, -0.1) is 0 Å². The quantitative estimate of drug-likeness (QED) is 0.511. The van der Waals surface area contributed by atoms with Gasteiger partial charge in [-0.05, 0) is 68.3 Å². The molecule has 2 aliphatic heterocycles. The van der Waals surface area contributed by atoms with Gasteiger partial charge in [0.25, 0.3) is 5.91 Å². The first-order valence-corrected chi connectivity index (χ1v) is 14.3. The van der Waals surface area contributed by atoms with E-state index in [2.05, 4.69) is 39.2 Å². The van der Waals surface area contributed by atoms with Crippen LogP contribution in [0.1, 0.15) is 67.9 Å². The average molecular weight is 574 g/mol. The molecule has 2 saturated heterocycles. The molecule has 1 atom stereocenters. The van der Waals surface area contributed by atoms with Crippen LogP contribution in [0, 0.1) is 0 Å². The lowest BCUT2D eigenvalue weighted by atomic mass is 9.74. The second-order valence-corrected chi connectivity index (χ2v) is 11.8. The second-order valence-electron chi connectivity index (χ2n) is 11.8. The van der Waals surface area contributed by atoms with Gasteiger partial charge in [-0.2, -0.15) is 13.2 Å². The highest BCUT2D eigenvalue weighted by atomic mass is 19.4. The summed E-state index contributed by atoms with van der Waals surface area (Å²) in [4.78, 5) is 37.6. The van der Waals surface area contributed by atoms with E-state index >= 15 is 0 Å². The number of piperidine rings is 1. The van der Waals surface area contributed by atoms with Gasteiger partial charge < -0.3 is 25.8 Å². The number of anilines is 3. The summed E-state index contributed by atoms with van der Waals surface area (Å²) in [6.07, 6.45) is 4.34. The number of halogens is 3. The molecule has 0 radical (unpaired) electrons. The summed E-state index contributed by atoms with van der Waals surface area (Å²) in [5.41, 5.74) is 7.58. The molecule has 222 valence electrons. The summed E-state index contributed by atoms with van der Waals surface area (Å²) in [7, 11) is 1.68. The van der Waals surface area contributed by atoms with Crippen LogP contribution in [0.15, 0.2) is 30.5 Å². The normalized spacial score (nSPS) is 21.7. The molecule has 41 heavy (non-hydrogen) atoms. The molecule has 3 fully saturated rings. The van der Waals surface area contributed by atoms with Gasteiger partial charge in [-0.25, -0.2) is 9.97 Å². The third-order valence-corrected chi connectivity index (χ3v) is 9.18. The summed E-state index contributed by atoms with van der Waals surface area (Å²) >= 11 is 0. The number of aromatic nitrogens is 2. The molecule has 5 rings (SSSR count). The Bertz CT molecular complexity index is 1260. The predicted octanol–water partition coefficient (Wildman–Crippen LogP) is 4.21. The molecule has 3 aliphatic rings. The summed E-state index contributed by atoms with van der Waals surface area (Å²) in [5.74, 6) is -2.09. The van der Waals surface area contributed by atoms with Gasteiger partial charge in [0.15, 0.2) is 11.5 Å². The summed E-state index contributed by atoms with van der Waals surface area (Å²) in [5, 5.41) is 3.15. The van der Waals surface area contributed by atoms with Crippen LogP contribution in [0.4, 0.5) is 30.5 Å². The molecule has 3 heterocycles. The Morgan fingerprint density at radius 1 is 1.07 bits per heavy atom. The number of nitrogens with two attached hydrogens (primary N) is 1.